The zero-order valence-corrected chi connectivity index (χ0v) is 16.3. The fourth-order valence-electron chi connectivity index (χ4n) is 3.20. The van der Waals surface area contributed by atoms with Gasteiger partial charge in [-0.25, -0.2) is 0 Å². The summed E-state index contributed by atoms with van der Waals surface area (Å²) in [4.78, 5) is 25.8. The van der Waals surface area contributed by atoms with Gasteiger partial charge in [0.1, 0.15) is 11.2 Å². The predicted octanol–water partition coefficient (Wildman–Crippen LogP) is 4.48. The van der Waals surface area contributed by atoms with Gasteiger partial charge in [-0.05, 0) is 55.0 Å². The Morgan fingerprint density at radius 3 is 2.22 bits per heavy atom. The molecule has 0 bridgehead atoms. The molecule has 2 amide bonds. The second kappa shape index (κ2) is 7.43. The van der Waals surface area contributed by atoms with Crippen LogP contribution in [-0.4, -0.2) is 18.9 Å². The molecule has 1 aliphatic carbocycles. The number of benzene rings is 2. The second-order valence-corrected chi connectivity index (χ2v) is 7.44. The first kappa shape index (κ1) is 19.0. The molecule has 1 aliphatic rings. The van der Waals surface area contributed by atoms with E-state index in [-0.39, 0.29) is 17.7 Å². The minimum absolute atomic E-state index is 0.250. The third-order valence-corrected chi connectivity index (χ3v) is 5.05. The standard InChI is InChI=1S/C22H26N2O3/c1-14(2)16-7-5-6-8-17(16)23-20(25)22(11-12-22)21(26)24-18-13-15(3)9-10-19(18)27-4/h5-10,13-14H,11-12H2,1-4H3,(H,23,25)(H,24,26). The Bertz CT molecular complexity index is 870. The zero-order chi connectivity index (χ0) is 19.6. The lowest BCUT2D eigenvalue weighted by Gasteiger charge is -2.19. The molecule has 2 aromatic carbocycles. The molecular formula is C22H26N2O3. The van der Waals surface area contributed by atoms with Gasteiger partial charge in [-0.2, -0.15) is 0 Å². The Balaban J connectivity index is 1.78. The van der Waals surface area contributed by atoms with Crippen LogP contribution in [0.2, 0.25) is 0 Å². The van der Waals surface area contributed by atoms with Gasteiger partial charge in [-0.3, -0.25) is 9.59 Å². The van der Waals surface area contributed by atoms with Crippen molar-refractivity contribution in [3.8, 4) is 5.75 Å². The summed E-state index contributed by atoms with van der Waals surface area (Å²) >= 11 is 0. The number of aryl methyl sites for hydroxylation is 1. The molecule has 2 aromatic rings. The van der Waals surface area contributed by atoms with Crippen molar-refractivity contribution in [1.29, 1.82) is 0 Å². The quantitative estimate of drug-likeness (QED) is 0.741. The minimum Gasteiger partial charge on any atom is -0.495 e. The molecule has 5 heteroatoms. The van der Waals surface area contributed by atoms with Crippen LogP contribution in [0, 0.1) is 12.3 Å². The van der Waals surface area contributed by atoms with Crippen LogP contribution in [0.25, 0.3) is 0 Å². The number of para-hydroxylation sites is 1. The summed E-state index contributed by atoms with van der Waals surface area (Å²) in [6, 6.07) is 13.3. The normalized spacial score (nSPS) is 14.6. The van der Waals surface area contributed by atoms with Gasteiger partial charge in [0.25, 0.3) is 0 Å². The van der Waals surface area contributed by atoms with Crippen molar-refractivity contribution >= 4 is 23.2 Å². The minimum atomic E-state index is -1.02. The van der Waals surface area contributed by atoms with Crippen LogP contribution in [0.4, 0.5) is 11.4 Å². The Morgan fingerprint density at radius 1 is 1.00 bits per heavy atom. The number of anilines is 2. The third kappa shape index (κ3) is 3.82. The fraction of sp³-hybridized carbons (Fsp3) is 0.364. The number of hydrogen-bond donors (Lipinski definition) is 2. The van der Waals surface area contributed by atoms with E-state index in [1.807, 2.05) is 49.4 Å². The average molecular weight is 366 g/mol. The lowest BCUT2D eigenvalue weighted by Crippen LogP contribution is -2.36. The van der Waals surface area contributed by atoms with Crippen LogP contribution in [0.5, 0.6) is 5.75 Å². The Labute approximate surface area is 160 Å². The number of methoxy groups -OCH3 is 1. The van der Waals surface area contributed by atoms with E-state index in [0.29, 0.717) is 24.3 Å². The van der Waals surface area contributed by atoms with Gasteiger partial charge in [0.2, 0.25) is 11.8 Å². The van der Waals surface area contributed by atoms with Crippen LogP contribution >= 0.6 is 0 Å². The van der Waals surface area contributed by atoms with Crippen LogP contribution in [0.15, 0.2) is 42.5 Å². The van der Waals surface area contributed by atoms with E-state index in [0.717, 1.165) is 16.8 Å². The van der Waals surface area contributed by atoms with Gasteiger partial charge in [0.05, 0.1) is 12.8 Å². The lowest BCUT2D eigenvalue weighted by molar-refractivity contribution is -0.131. The highest BCUT2D eigenvalue weighted by atomic mass is 16.5. The molecule has 0 atom stereocenters. The highest BCUT2D eigenvalue weighted by Crippen LogP contribution is 2.48. The average Bonchev–Trinajstić information content (AvgIpc) is 3.44. The van der Waals surface area contributed by atoms with Crippen LogP contribution in [0.1, 0.15) is 43.7 Å². The first-order valence-corrected chi connectivity index (χ1v) is 9.24. The molecule has 1 saturated carbocycles. The monoisotopic (exact) mass is 366 g/mol. The smallest absolute Gasteiger partial charge is 0.240 e. The lowest BCUT2D eigenvalue weighted by atomic mass is 9.99. The van der Waals surface area contributed by atoms with E-state index in [4.69, 9.17) is 4.74 Å². The molecule has 0 aromatic heterocycles. The first-order chi connectivity index (χ1) is 12.9. The van der Waals surface area contributed by atoms with Crippen molar-refractivity contribution in [2.75, 3.05) is 17.7 Å². The summed E-state index contributed by atoms with van der Waals surface area (Å²) in [6.07, 6.45) is 1.09. The molecule has 5 nitrogen and oxygen atoms in total. The van der Waals surface area contributed by atoms with Gasteiger partial charge < -0.3 is 15.4 Å². The van der Waals surface area contributed by atoms with Crippen LogP contribution < -0.4 is 15.4 Å². The fourth-order valence-corrected chi connectivity index (χ4v) is 3.20. The molecular weight excluding hydrogens is 340 g/mol. The SMILES string of the molecule is COc1ccc(C)cc1NC(=O)C1(C(=O)Nc2ccccc2C(C)C)CC1. The number of carbonyl (C=O) groups is 2. The first-order valence-electron chi connectivity index (χ1n) is 9.24. The van der Waals surface area contributed by atoms with E-state index in [2.05, 4.69) is 24.5 Å². The van der Waals surface area contributed by atoms with Crippen molar-refractivity contribution in [3.63, 3.8) is 0 Å². The Hall–Kier alpha value is -2.82. The Morgan fingerprint density at radius 2 is 1.63 bits per heavy atom. The number of carbonyl (C=O) groups excluding carboxylic acids is 2. The molecule has 2 N–H and O–H groups in total. The van der Waals surface area contributed by atoms with Gasteiger partial charge in [-0.15, -0.1) is 0 Å². The third-order valence-electron chi connectivity index (χ3n) is 5.05. The van der Waals surface area contributed by atoms with Crippen molar-refractivity contribution in [2.24, 2.45) is 5.41 Å². The summed E-state index contributed by atoms with van der Waals surface area (Å²) in [5.74, 6) is 0.322. The molecule has 27 heavy (non-hydrogen) atoms. The van der Waals surface area contributed by atoms with Crippen LogP contribution in [0.3, 0.4) is 0 Å². The molecule has 0 aliphatic heterocycles. The predicted molar refractivity (Wildman–Crippen MR) is 107 cm³/mol. The molecule has 0 unspecified atom stereocenters. The number of nitrogens with one attached hydrogen (secondary N) is 2. The van der Waals surface area contributed by atoms with E-state index in [1.54, 1.807) is 7.11 Å². The van der Waals surface area contributed by atoms with Crippen molar-refractivity contribution in [2.45, 2.75) is 39.5 Å². The molecule has 0 heterocycles. The van der Waals surface area contributed by atoms with Gasteiger partial charge in [0.15, 0.2) is 0 Å². The van der Waals surface area contributed by atoms with Crippen molar-refractivity contribution in [1.82, 2.24) is 0 Å². The molecule has 1 fully saturated rings. The highest BCUT2D eigenvalue weighted by molar-refractivity contribution is 6.17. The van der Waals surface area contributed by atoms with E-state index < -0.39 is 5.41 Å². The Kier molecular flexibility index (Phi) is 5.22. The number of amides is 2. The number of rotatable bonds is 6. The highest BCUT2D eigenvalue weighted by Gasteiger charge is 2.56. The zero-order valence-electron chi connectivity index (χ0n) is 16.3. The summed E-state index contributed by atoms with van der Waals surface area (Å²) < 4.78 is 5.32. The topological polar surface area (TPSA) is 67.4 Å². The molecule has 0 saturated heterocycles. The van der Waals surface area contributed by atoms with Crippen molar-refractivity contribution in [3.05, 3.63) is 53.6 Å². The van der Waals surface area contributed by atoms with E-state index in [9.17, 15) is 9.59 Å². The van der Waals surface area contributed by atoms with E-state index in [1.165, 1.54) is 0 Å². The molecule has 0 radical (unpaired) electrons. The summed E-state index contributed by atoms with van der Waals surface area (Å²) in [6.45, 7) is 6.10. The van der Waals surface area contributed by atoms with Gasteiger partial charge in [-0.1, -0.05) is 38.1 Å². The van der Waals surface area contributed by atoms with Gasteiger partial charge >= 0.3 is 0 Å². The van der Waals surface area contributed by atoms with Crippen LogP contribution in [-0.2, 0) is 9.59 Å². The second-order valence-electron chi connectivity index (χ2n) is 7.44. The summed E-state index contributed by atoms with van der Waals surface area (Å²) in [7, 11) is 1.56. The maximum atomic E-state index is 12.9. The number of ether oxygens (including phenoxy) is 1. The molecule has 142 valence electrons. The summed E-state index contributed by atoms with van der Waals surface area (Å²) in [5.41, 5.74) is 2.40. The van der Waals surface area contributed by atoms with Crippen molar-refractivity contribution < 1.29 is 14.3 Å². The maximum absolute atomic E-state index is 12.9. The largest absolute Gasteiger partial charge is 0.495 e. The molecule has 0 spiro atoms. The maximum Gasteiger partial charge on any atom is 0.240 e. The van der Waals surface area contributed by atoms with E-state index >= 15 is 0 Å². The number of hydrogen-bond acceptors (Lipinski definition) is 3. The van der Waals surface area contributed by atoms with Gasteiger partial charge in [0, 0.05) is 5.69 Å². The summed E-state index contributed by atoms with van der Waals surface area (Å²) in [5, 5.41) is 5.85. The molecule has 3 rings (SSSR count).